The number of rotatable bonds is 2. The van der Waals surface area contributed by atoms with Crippen LogP contribution in [0.5, 0.6) is 5.75 Å². The summed E-state index contributed by atoms with van der Waals surface area (Å²) >= 11 is 7.44. The average molecular weight is 364 g/mol. The molecule has 1 rings (SSSR count). The smallest absolute Gasteiger partial charge is 0.126 e. The molecule has 1 atom stereocenters. The lowest BCUT2D eigenvalue weighted by molar-refractivity contribution is 0.373. The third-order valence-electron chi connectivity index (χ3n) is 2.93. The molecule has 0 aliphatic rings. The number of hydrogen-bond donors (Lipinski definition) is 0. The van der Waals surface area contributed by atoms with Gasteiger partial charge in [0.1, 0.15) is 5.75 Å². The van der Waals surface area contributed by atoms with Crippen LogP contribution in [0.25, 0.3) is 0 Å². The van der Waals surface area contributed by atoms with Crippen LogP contribution < -0.4 is 4.74 Å². The normalized spacial score (nSPS) is 13.6. The van der Waals surface area contributed by atoms with Crippen molar-refractivity contribution in [1.82, 2.24) is 0 Å². The highest BCUT2D eigenvalue weighted by Gasteiger charge is 2.29. The molecule has 0 aromatic heterocycles. The molecule has 1 unspecified atom stereocenters. The maximum Gasteiger partial charge on any atom is 0.126 e. The van der Waals surface area contributed by atoms with E-state index in [-0.39, 0.29) is 10.2 Å². The Labute approximate surface area is 121 Å². The van der Waals surface area contributed by atoms with Crippen molar-refractivity contribution in [2.24, 2.45) is 5.41 Å². The molecule has 0 aliphatic heterocycles. The number of benzene rings is 1. The monoisotopic (exact) mass is 362 g/mol. The van der Waals surface area contributed by atoms with Gasteiger partial charge in [0, 0.05) is 14.9 Å². The second kappa shape index (κ2) is 5.31. The summed E-state index contributed by atoms with van der Waals surface area (Å²) in [5.41, 5.74) is 3.79. The summed E-state index contributed by atoms with van der Waals surface area (Å²) in [5.74, 6) is 0.988. The molecule has 1 aromatic rings. The first kappa shape index (κ1) is 15.0. The molecular formula is C14H20Br2O. The van der Waals surface area contributed by atoms with E-state index in [1.165, 1.54) is 11.1 Å². The molecule has 0 saturated carbocycles. The second-order valence-corrected chi connectivity index (χ2v) is 7.25. The molecule has 0 bridgehead atoms. The highest BCUT2D eigenvalue weighted by Crippen LogP contribution is 2.47. The molecule has 0 spiro atoms. The Bertz CT molecular complexity index is 419. The van der Waals surface area contributed by atoms with E-state index in [1.54, 1.807) is 7.11 Å². The van der Waals surface area contributed by atoms with E-state index >= 15 is 0 Å². The van der Waals surface area contributed by atoms with E-state index in [9.17, 15) is 0 Å². The minimum Gasteiger partial charge on any atom is -0.496 e. The van der Waals surface area contributed by atoms with Crippen LogP contribution in [0.3, 0.4) is 0 Å². The van der Waals surface area contributed by atoms with E-state index in [1.807, 2.05) is 0 Å². The maximum absolute atomic E-state index is 5.58. The summed E-state index contributed by atoms with van der Waals surface area (Å²) in [6.07, 6.45) is 0. The molecule has 3 heteroatoms. The van der Waals surface area contributed by atoms with Crippen LogP contribution in [0.15, 0.2) is 10.5 Å². The summed E-state index contributed by atoms with van der Waals surface area (Å²) in [7, 11) is 1.74. The summed E-state index contributed by atoms with van der Waals surface area (Å²) < 4.78 is 6.72. The van der Waals surface area contributed by atoms with E-state index in [4.69, 9.17) is 4.74 Å². The fourth-order valence-electron chi connectivity index (χ4n) is 1.88. The first-order valence-electron chi connectivity index (χ1n) is 5.67. The molecular weight excluding hydrogens is 344 g/mol. The Morgan fingerprint density at radius 2 is 1.76 bits per heavy atom. The average Bonchev–Trinajstić information content (AvgIpc) is 2.20. The van der Waals surface area contributed by atoms with Crippen molar-refractivity contribution < 1.29 is 4.74 Å². The molecule has 1 nitrogen and oxygen atoms in total. The third kappa shape index (κ3) is 3.05. The van der Waals surface area contributed by atoms with E-state index in [0.717, 1.165) is 15.8 Å². The molecule has 1 aromatic carbocycles. The lowest BCUT2D eigenvalue weighted by atomic mass is 9.85. The van der Waals surface area contributed by atoms with Gasteiger partial charge in [0.15, 0.2) is 0 Å². The number of alkyl halides is 1. The van der Waals surface area contributed by atoms with Crippen LogP contribution in [0.1, 0.15) is 42.3 Å². The number of methoxy groups -OCH3 is 1. The van der Waals surface area contributed by atoms with Crippen molar-refractivity contribution in [1.29, 1.82) is 0 Å². The highest BCUT2D eigenvalue weighted by atomic mass is 79.9. The first-order valence-corrected chi connectivity index (χ1v) is 7.38. The van der Waals surface area contributed by atoms with Crippen LogP contribution in [-0.2, 0) is 0 Å². The van der Waals surface area contributed by atoms with Crippen LogP contribution in [0.4, 0.5) is 0 Å². The number of halogens is 2. The van der Waals surface area contributed by atoms with Crippen molar-refractivity contribution >= 4 is 31.9 Å². The van der Waals surface area contributed by atoms with Crippen LogP contribution >= 0.6 is 31.9 Å². The summed E-state index contributed by atoms with van der Waals surface area (Å²) in [4.78, 5) is 0.265. The van der Waals surface area contributed by atoms with Gasteiger partial charge in [-0.3, -0.25) is 0 Å². The molecule has 96 valence electrons. The SMILES string of the molecule is COc1c(C)cc(Br)c(C)c1C(Br)C(C)(C)C. The zero-order valence-corrected chi connectivity index (χ0v) is 14.5. The van der Waals surface area contributed by atoms with Gasteiger partial charge >= 0.3 is 0 Å². The largest absolute Gasteiger partial charge is 0.496 e. The Kier molecular flexibility index (Phi) is 4.70. The quantitative estimate of drug-likeness (QED) is 0.625. The predicted molar refractivity (Wildman–Crippen MR) is 81.3 cm³/mol. The van der Waals surface area contributed by atoms with Gasteiger partial charge in [-0.05, 0) is 36.5 Å². The summed E-state index contributed by atoms with van der Waals surface area (Å²) in [6.45, 7) is 10.9. The molecule has 0 radical (unpaired) electrons. The van der Waals surface area contributed by atoms with E-state index < -0.39 is 0 Å². The van der Waals surface area contributed by atoms with Gasteiger partial charge in [-0.25, -0.2) is 0 Å². The lowest BCUT2D eigenvalue weighted by Crippen LogP contribution is -2.15. The van der Waals surface area contributed by atoms with Crippen LogP contribution in [-0.4, -0.2) is 7.11 Å². The maximum atomic E-state index is 5.58. The number of ether oxygens (including phenoxy) is 1. The van der Waals surface area contributed by atoms with Crippen molar-refractivity contribution in [3.8, 4) is 5.75 Å². The fraction of sp³-hybridized carbons (Fsp3) is 0.571. The minimum absolute atomic E-state index is 0.144. The predicted octanol–water partition coefficient (Wildman–Crippen LogP) is 5.56. The Balaban J connectivity index is 3.50. The van der Waals surface area contributed by atoms with Crippen molar-refractivity contribution in [3.05, 3.63) is 27.2 Å². The molecule has 0 amide bonds. The van der Waals surface area contributed by atoms with Gasteiger partial charge in [-0.1, -0.05) is 52.6 Å². The Morgan fingerprint density at radius 3 is 2.18 bits per heavy atom. The van der Waals surface area contributed by atoms with E-state index in [0.29, 0.717) is 0 Å². The van der Waals surface area contributed by atoms with Gasteiger partial charge in [0.2, 0.25) is 0 Å². The van der Waals surface area contributed by atoms with Gasteiger partial charge in [0.25, 0.3) is 0 Å². The van der Waals surface area contributed by atoms with Gasteiger partial charge in [0.05, 0.1) is 7.11 Å². The Morgan fingerprint density at radius 1 is 1.24 bits per heavy atom. The molecule has 0 N–H and O–H groups in total. The second-order valence-electron chi connectivity index (χ2n) is 5.48. The minimum atomic E-state index is 0.144. The number of hydrogen-bond acceptors (Lipinski definition) is 1. The highest BCUT2D eigenvalue weighted by molar-refractivity contribution is 9.10. The van der Waals surface area contributed by atoms with Crippen molar-refractivity contribution in [2.45, 2.75) is 39.4 Å². The zero-order chi connectivity index (χ0) is 13.4. The van der Waals surface area contributed by atoms with E-state index in [2.05, 4.69) is 72.5 Å². The first-order chi connectivity index (χ1) is 7.70. The fourth-order valence-corrected chi connectivity index (χ4v) is 2.99. The molecule has 0 aliphatic carbocycles. The molecule has 0 saturated heterocycles. The summed E-state index contributed by atoms with van der Waals surface area (Å²) in [6, 6.07) is 2.11. The lowest BCUT2D eigenvalue weighted by Gasteiger charge is -2.29. The van der Waals surface area contributed by atoms with Gasteiger partial charge in [-0.15, -0.1) is 0 Å². The molecule has 17 heavy (non-hydrogen) atoms. The topological polar surface area (TPSA) is 9.23 Å². The van der Waals surface area contributed by atoms with Gasteiger partial charge < -0.3 is 4.74 Å². The number of aryl methyl sites for hydroxylation is 1. The van der Waals surface area contributed by atoms with Crippen LogP contribution in [0, 0.1) is 19.3 Å². The van der Waals surface area contributed by atoms with Gasteiger partial charge in [-0.2, -0.15) is 0 Å². The third-order valence-corrected chi connectivity index (χ3v) is 5.58. The van der Waals surface area contributed by atoms with Crippen molar-refractivity contribution in [3.63, 3.8) is 0 Å². The zero-order valence-electron chi connectivity index (χ0n) is 11.3. The Hall–Kier alpha value is -0.0200. The molecule has 0 fully saturated rings. The van der Waals surface area contributed by atoms with Crippen LogP contribution in [0.2, 0.25) is 0 Å². The standard InChI is InChI=1S/C14H20Br2O/c1-8-7-10(15)9(2)11(12(8)17-6)13(16)14(3,4)5/h7,13H,1-6H3. The molecule has 0 heterocycles. The summed E-state index contributed by atoms with van der Waals surface area (Å²) in [5, 5.41) is 0. The van der Waals surface area contributed by atoms with Crippen molar-refractivity contribution in [2.75, 3.05) is 7.11 Å².